The second-order valence-corrected chi connectivity index (χ2v) is 7.16. The maximum absolute atomic E-state index is 11.8. The van der Waals surface area contributed by atoms with Gasteiger partial charge in [0.1, 0.15) is 4.90 Å². The van der Waals surface area contributed by atoms with Gasteiger partial charge in [-0.3, -0.25) is 4.55 Å². The summed E-state index contributed by atoms with van der Waals surface area (Å²) in [5.41, 5.74) is 2.60. The van der Waals surface area contributed by atoms with Crippen molar-refractivity contribution in [2.45, 2.75) is 18.0 Å². The third-order valence-electron chi connectivity index (χ3n) is 3.92. The molecular formula is C20H19NO3S. The number of para-hydroxylation sites is 1. The molecule has 0 aliphatic heterocycles. The van der Waals surface area contributed by atoms with Crippen molar-refractivity contribution in [2.75, 3.05) is 4.90 Å². The van der Waals surface area contributed by atoms with E-state index in [0.717, 1.165) is 11.1 Å². The van der Waals surface area contributed by atoms with Crippen LogP contribution in [-0.2, 0) is 23.2 Å². The predicted octanol–water partition coefficient (Wildman–Crippen LogP) is 4.14. The third kappa shape index (κ3) is 4.47. The molecule has 3 aromatic rings. The summed E-state index contributed by atoms with van der Waals surface area (Å²) in [6.45, 7) is 1.06. The molecule has 3 rings (SSSR count). The molecule has 0 atom stereocenters. The highest BCUT2D eigenvalue weighted by Gasteiger charge is 2.19. The van der Waals surface area contributed by atoms with E-state index >= 15 is 0 Å². The topological polar surface area (TPSA) is 57.6 Å². The molecule has 4 nitrogen and oxygen atoms in total. The number of rotatable bonds is 6. The van der Waals surface area contributed by atoms with Crippen molar-refractivity contribution in [3.05, 3.63) is 96.1 Å². The molecule has 1 N–H and O–H groups in total. The van der Waals surface area contributed by atoms with Gasteiger partial charge >= 0.3 is 0 Å². The Bertz CT molecular complexity index is 884. The van der Waals surface area contributed by atoms with Gasteiger partial charge < -0.3 is 4.90 Å². The molecule has 0 unspecified atom stereocenters. The fourth-order valence-corrected chi connectivity index (χ4v) is 3.48. The molecule has 25 heavy (non-hydrogen) atoms. The number of nitrogens with zero attached hydrogens (tertiary/aromatic N) is 1. The first kappa shape index (κ1) is 17.2. The Balaban J connectivity index is 2.02. The molecule has 0 amide bonds. The van der Waals surface area contributed by atoms with Crippen molar-refractivity contribution >= 4 is 15.8 Å². The van der Waals surface area contributed by atoms with Gasteiger partial charge in [-0.05, 0) is 23.3 Å². The summed E-state index contributed by atoms with van der Waals surface area (Å²) in [6, 6.07) is 26.2. The lowest BCUT2D eigenvalue weighted by molar-refractivity contribution is 0.483. The van der Waals surface area contributed by atoms with E-state index in [1.165, 1.54) is 6.07 Å². The number of benzene rings is 3. The molecule has 5 heteroatoms. The van der Waals surface area contributed by atoms with E-state index in [1.54, 1.807) is 18.2 Å². The minimum Gasteiger partial charge on any atom is -0.362 e. The second-order valence-electron chi connectivity index (χ2n) is 5.77. The second kappa shape index (κ2) is 7.51. The Hall–Kier alpha value is -2.63. The van der Waals surface area contributed by atoms with Gasteiger partial charge in [-0.1, -0.05) is 72.8 Å². The zero-order chi connectivity index (χ0) is 17.7. The van der Waals surface area contributed by atoms with E-state index in [4.69, 9.17) is 0 Å². The van der Waals surface area contributed by atoms with Crippen LogP contribution in [0.25, 0.3) is 0 Å². The molecule has 3 aromatic carbocycles. The van der Waals surface area contributed by atoms with Crippen LogP contribution in [0.4, 0.5) is 5.69 Å². The molecule has 0 spiro atoms. The Morgan fingerprint density at radius 2 is 1.12 bits per heavy atom. The minimum absolute atomic E-state index is 0.0816. The lowest BCUT2D eigenvalue weighted by atomic mass is 10.1. The monoisotopic (exact) mass is 353 g/mol. The van der Waals surface area contributed by atoms with Crippen LogP contribution >= 0.6 is 0 Å². The standard InChI is InChI=1S/C20H19NO3S/c22-25(23,24)20-14-8-7-13-19(20)21(15-17-9-3-1-4-10-17)16-18-11-5-2-6-12-18/h1-14H,15-16H2,(H,22,23,24). The number of anilines is 1. The van der Waals surface area contributed by atoms with Crippen LogP contribution in [0.15, 0.2) is 89.8 Å². The number of hydrogen-bond acceptors (Lipinski definition) is 3. The van der Waals surface area contributed by atoms with E-state index in [0.29, 0.717) is 18.8 Å². The predicted molar refractivity (Wildman–Crippen MR) is 99.0 cm³/mol. The molecule has 0 fully saturated rings. The highest BCUT2D eigenvalue weighted by atomic mass is 32.2. The maximum atomic E-state index is 11.8. The van der Waals surface area contributed by atoms with Crippen LogP contribution in [0.2, 0.25) is 0 Å². The van der Waals surface area contributed by atoms with E-state index in [2.05, 4.69) is 0 Å². The van der Waals surface area contributed by atoms with Crippen LogP contribution < -0.4 is 4.90 Å². The van der Waals surface area contributed by atoms with E-state index in [1.807, 2.05) is 65.6 Å². The summed E-state index contributed by atoms with van der Waals surface area (Å²) in [6.07, 6.45) is 0. The van der Waals surface area contributed by atoms with Crippen molar-refractivity contribution in [3.8, 4) is 0 Å². The summed E-state index contributed by atoms with van der Waals surface area (Å²) < 4.78 is 33.2. The average Bonchev–Trinajstić information content (AvgIpc) is 2.62. The Kier molecular flexibility index (Phi) is 5.16. The van der Waals surface area contributed by atoms with Crippen molar-refractivity contribution in [1.82, 2.24) is 0 Å². The summed E-state index contributed by atoms with van der Waals surface area (Å²) in [5.74, 6) is 0. The largest absolute Gasteiger partial charge is 0.362 e. The zero-order valence-electron chi connectivity index (χ0n) is 13.6. The van der Waals surface area contributed by atoms with Crippen molar-refractivity contribution < 1.29 is 13.0 Å². The van der Waals surface area contributed by atoms with Crippen molar-refractivity contribution in [1.29, 1.82) is 0 Å². The minimum atomic E-state index is -4.30. The Morgan fingerprint density at radius 1 is 0.680 bits per heavy atom. The molecule has 0 aliphatic rings. The molecule has 0 aromatic heterocycles. The Labute approximate surface area is 148 Å². The van der Waals surface area contributed by atoms with Gasteiger partial charge in [0.25, 0.3) is 10.1 Å². The first-order chi connectivity index (χ1) is 12.0. The highest BCUT2D eigenvalue weighted by Crippen LogP contribution is 2.28. The fraction of sp³-hybridized carbons (Fsp3) is 0.100. The average molecular weight is 353 g/mol. The van der Waals surface area contributed by atoms with E-state index in [9.17, 15) is 13.0 Å². The zero-order valence-corrected chi connectivity index (χ0v) is 14.4. The molecule has 0 saturated heterocycles. The van der Waals surface area contributed by atoms with Crippen LogP contribution in [0.3, 0.4) is 0 Å². The molecule has 0 saturated carbocycles. The van der Waals surface area contributed by atoms with E-state index < -0.39 is 10.1 Å². The van der Waals surface area contributed by atoms with Crippen LogP contribution in [-0.4, -0.2) is 13.0 Å². The van der Waals surface area contributed by atoms with Crippen LogP contribution in [0, 0.1) is 0 Å². The SMILES string of the molecule is O=S(=O)(O)c1ccccc1N(Cc1ccccc1)Cc1ccccc1. The van der Waals surface area contributed by atoms with Gasteiger partial charge in [0, 0.05) is 13.1 Å². The summed E-state index contributed by atoms with van der Waals surface area (Å²) in [7, 11) is -4.30. The smallest absolute Gasteiger partial charge is 0.296 e. The number of hydrogen-bond donors (Lipinski definition) is 1. The van der Waals surface area contributed by atoms with Gasteiger partial charge in [-0.2, -0.15) is 8.42 Å². The highest BCUT2D eigenvalue weighted by molar-refractivity contribution is 7.86. The van der Waals surface area contributed by atoms with Crippen molar-refractivity contribution in [3.63, 3.8) is 0 Å². The van der Waals surface area contributed by atoms with Gasteiger partial charge in [-0.15, -0.1) is 0 Å². The van der Waals surface area contributed by atoms with Gasteiger partial charge in [0.15, 0.2) is 0 Å². The van der Waals surface area contributed by atoms with Gasteiger partial charge in [0.2, 0.25) is 0 Å². The normalized spacial score (nSPS) is 11.2. The first-order valence-electron chi connectivity index (χ1n) is 7.93. The summed E-state index contributed by atoms with van der Waals surface area (Å²) in [4.78, 5) is 1.87. The molecule has 0 radical (unpaired) electrons. The van der Waals surface area contributed by atoms with Gasteiger partial charge in [0.05, 0.1) is 5.69 Å². The molecule has 0 bridgehead atoms. The third-order valence-corrected chi connectivity index (χ3v) is 4.82. The molecule has 0 aliphatic carbocycles. The van der Waals surface area contributed by atoms with E-state index in [-0.39, 0.29) is 4.90 Å². The molecule has 128 valence electrons. The summed E-state index contributed by atoms with van der Waals surface area (Å²) in [5, 5.41) is 0. The van der Waals surface area contributed by atoms with Crippen LogP contribution in [0.5, 0.6) is 0 Å². The van der Waals surface area contributed by atoms with Gasteiger partial charge in [-0.25, -0.2) is 0 Å². The summed E-state index contributed by atoms with van der Waals surface area (Å²) >= 11 is 0. The maximum Gasteiger partial charge on any atom is 0.296 e. The van der Waals surface area contributed by atoms with Crippen LogP contribution in [0.1, 0.15) is 11.1 Å². The Morgan fingerprint density at radius 3 is 1.60 bits per heavy atom. The molecular weight excluding hydrogens is 334 g/mol. The first-order valence-corrected chi connectivity index (χ1v) is 9.37. The molecule has 0 heterocycles. The fourth-order valence-electron chi connectivity index (χ4n) is 2.77. The van der Waals surface area contributed by atoms with Crippen molar-refractivity contribution in [2.24, 2.45) is 0 Å². The lowest BCUT2D eigenvalue weighted by Crippen LogP contribution is -2.24. The quantitative estimate of drug-likeness (QED) is 0.677. The lowest BCUT2D eigenvalue weighted by Gasteiger charge is -2.26.